The summed E-state index contributed by atoms with van der Waals surface area (Å²) in [6.45, 7) is 3.28. The molecule has 1 atom stereocenters. The molecule has 1 aliphatic carbocycles. The average molecular weight is 258 g/mol. The first-order valence-corrected chi connectivity index (χ1v) is 6.60. The molecule has 1 fully saturated rings. The first-order valence-electron chi connectivity index (χ1n) is 5.85. The van der Waals surface area contributed by atoms with Crippen LogP contribution in [0, 0.1) is 5.92 Å². The average Bonchev–Trinajstić information content (AvgIpc) is 2.19. The predicted octanol–water partition coefficient (Wildman–Crippen LogP) is 4.44. The van der Waals surface area contributed by atoms with Gasteiger partial charge in [-0.1, -0.05) is 35.7 Å². The fourth-order valence-corrected chi connectivity index (χ4v) is 2.25. The van der Waals surface area contributed by atoms with Gasteiger partial charge in [0.25, 0.3) is 0 Å². The predicted molar refractivity (Wildman–Crippen MR) is 70.2 cm³/mol. The van der Waals surface area contributed by atoms with Gasteiger partial charge in [-0.3, -0.25) is 0 Å². The zero-order valence-corrected chi connectivity index (χ0v) is 11.0. The van der Waals surface area contributed by atoms with Gasteiger partial charge in [0.05, 0.1) is 10.0 Å². The van der Waals surface area contributed by atoms with Crippen LogP contribution in [0.15, 0.2) is 18.2 Å². The Morgan fingerprint density at radius 2 is 2.06 bits per heavy atom. The number of nitrogens with one attached hydrogen (secondary N) is 1. The van der Waals surface area contributed by atoms with Gasteiger partial charge in [-0.05, 0) is 49.9 Å². The van der Waals surface area contributed by atoms with Crippen molar-refractivity contribution in [1.29, 1.82) is 0 Å². The molecular weight excluding hydrogens is 241 g/mol. The molecule has 0 radical (unpaired) electrons. The van der Waals surface area contributed by atoms with Gasteiger partial charge in [-0.2, -0.15) is 0 Å². The summed E-state index contributed by atoms with van der Waals surface area (Å²) >= 11 is 11.9. The van der Waals surface area contributed by atoms with E-state index in [-0.39, 0.29) is 0 Å². The first kappa shape index (κ1) is 12.2. The molecule has 0 aromatic heterocycles. The van der Waals surface area contributed by atoms with E-state index in [1.807, 2.05) is 18.2 Å². The second-order valence-corrected chi connectivity index (χ2v) is 5.41. The van der Waals surface area contributed by atoms with Crippen LogP contribution in [0.3, 0.4) is 0 Å². The van der Waals surface area contributed by atoms with Crippen LogP contribution in [0.4, 0.5) is 0 Å². The highest BCUT2D eigenvalue weighted by molar-refractivity contribution is 6.42. The van der Waals surface area contributed by atoms with Crippen molar-refractivity contribution in [3.63, 3.8) is 0 Å². The van der Waals surface area contributed by atoms with Crippen LogP contribution >= 0.6 is 23.2 Å². The summed E-state index contributed by atoms with van der Waals surface area (Å²) in [4.78, 5) is 0. The van der Waals surface area contributed by atoms with Crippen molar-refractivity contribution in [2.45, 2.75) is 32.2 Å². The lowest BCUT2D eigenvalue weighted by Gasteiger charge is -2.27. The van der Waals surface area contributed by atoms with Gasteiger partial charge >= 0.3 is 0 Å². The molecule has 0 aliphatic heterocycles. The Labute approximate surface area is 107 Å². The molecule has 1 nitrogen and oxygen atoms in total. The normalized spacial score (nSPS) is 18.2. The minimum atomic E-state index is 0.343. The van der Waals surface area contributed by atoms with Crippen molar-refractivity contribution in [3.05, 3.63) is 33.8 Å². The molecule has 1 N–H and O–H groups in total. The summed E-state index contributed by atoms with van der Waals surface area (Å²) in [5.74, 6) is 0.880. The van der Waals surface area contributed by atoms with E-state index in [1.54, 1.807) is 0 Å². The SMILES string of the molecule is CC(NCC1CCC1)c1ccc(Cl)c(Cl)c1. The number of halogens is 2. The van der Waals surface area contributed by atoms with Crippen LogP contribution in [0.1, 0.15) is 37.8 Å². The van der Waals surface area contributed by atoms with Crippen LogP contribution < -0.4 is 5.32 Å². The molecule has 0 heterocycles. The minimum absolute atomic E-state index is 0.343. The highest BCUT2D eigenvalue weighted by Crippen LogP contribution is 2.28. The number of hydrogen-bond acceptors (Lipinski definition) is 1. The number of benzene rings is 1. The van der Waals surface area contributed by atoms with Crippen molar-refractivity contribution >= 4 is 23.2 Å². The third kappa shape index (κ3) is 2.91. The molecule has 1 aliphatic rings. The van der Waals surface area contributed by atoms with Crippen LogP contribution in [0.5, 0.6) is 0 Å². The Morgan fingerprint density at radius 1 is 1.31 bits per heavy atom. The van der Waals surface area contributed by atoms with Gasteiger partial charge in [0.2, 0.25) is 0 Å². The molecular formula is C13H17Cl2N. The molecule has 1 aromatic carbocycles. The van der Waals surface area contributed by atoms with E-state index >= 15 is 0 Å². The summed E-state index contributed by atoms with van der Waals surface area (Å²) in [6, 6.07) is 6.19. The maximum Gasteiger partial charge on any atom is 0.0595 e. The highest BCUT2D eigenvalue weighted by atomic mass is 35.5. The van der Waals surface area contributed by atoms with E-state index in [2.05, 4.69) is 12.2 Å². The zero-order chi connectivity index (χ0) is 11.5. The van der Waals surface area contributed by atoms with Crippen molar-refractivity contribution in [3.8, 4) is 0 Å². The quantitative estimate of drug-likeness (QED) is 0.841. The number of rotatable bonds is 4. The van der Waals surface area contributed by atoms with Crippen molar-refractivity contribution in [2.24, 2.45) is 5.92 Å². The maximum atomic E-state index is 6.00. The van der Waals surface area contributed by atoms with Gasteiger partial charge in [0.1, 0.15) is 0 Å². The van der Waals surface area contributed by atoms with Crippen LogP contribution in [-0.4, -0.2) is 6.54 Å². The van der Waals surface area contributed by atoms with Gasteiger partial charge < -0.3 is 5.32 Å². The van der Waals surface area contributed by atoms with Crippen LogP contribution in [0.25, 0.3) is 0 Å². The molecule has 3 heteroatoms. The summed E-state index contributed by atoms with van der Waals surface area (Å²) in [5, 5.41) is 4.80. The Kier molecular flexibility index (Phi) is 4.12. The fourth-order valence-electron chi connectivity index (χ4n) is 1.94. The monoisotopic (exact) mass is 257 g/mol. The topological polar surface area (TPSA) is 12.0 Å². The van der Waals surface area contributed by atoms with Crippen LogP contribution in [0.2, 0.25) is 10.0 Å². The lowest BCUT2D eigenvalue weighted by molar-refractivity contribution is 0.292. The molecule has 16 heavy (non-hydrogen) atoms. The summed E-state index contributed by atoms with van der Waals surface area (Å²) in [7, 11) is 0. The van der Waals surface area contributed by atoms with Gasteiger partial charge in [0, 0.05) is 6.04 Å². The standard InChI is InChI=1S/C13H17Cl2N/c1-9(16-8-10-3-2-4-10)11-5-6-12(14)13(15)7-11/h5-7,9-10,16H,2-4,8H2,1H3. The molecule has 0 bridgehead atoms. The lowest BCUT2D eigenvalue weighted by Crippen LogP contribution is -2.29. The van der Waals surface area contributed by atoms with Gasteiger partial charge in [-0.25, -0.2) is 0 Å². The summed E-state index contributed by atoms with van der Waals surface area (Å²) in [6.07, 6.45) is 4.15. The fraction of sp³-hybridized carbons (Fsp3) is 0.538. The Morgan fingerprint density at radius 3 is 2.62 bits per heavy atom. The molecule has 1 saturated carbocycles. The van der Waals surface area contributed by atoms with Gasteiger partial charge in [-0.15, -0.1) is 0 Å². The highest BCUT2D eigenvalue weighted by Gasteiger charge is 2.18. The lowest BCUT2D eigenvalue weighted by atomic mass is 9.85. The minimum Gasteiger partial charge on any atom is -0.310 e. The Balaban J connectivity index is 1.91. The molecule has 88 valence electrons. The molecule has 0 spiro atoms. The summed E-state index contributed by atoms with van der Waals surface area (Å²) in [5.41, 5.74) is 1.20. The summed E-state index contributed by atoms with van der Waals surface area (Å²) < 4.78 is 0. The smallest absolute Gasteiger partial charge is 0.0595 e. The van der Waals surface area contributed by atoms with Crippen LogP contribution in [-0.2, 0) is 0 Å². The maximum absolute atomic E-state index is 6.00. The van der Waals surface area contributed by atoms with Crippen molar-refractivity contribution in [2.75, 3.05) is 6.54 Å². The third-order valence-electron chi connectivity index (χ3n) is 3.38. The molecule has 0 saturated heterocycles. The number of hydrogen-bond donors (Lipinski definition) is 1. The molecule has 0 amide bonds. The van der Waals surface area contributed by atoms with Gasteiger partial charge in [0.15, 0.2) is 0 Å². The Bertz CT molecular complexity index is 361. The second kappa shape index (κ2) is 5.39. The Hall–Kier alpha value is -0.240. The molecule has 2 rings (SSSR count). The van der Waals surface area contributed by atoms with E-state index in [0.717, 1.165) is 12.5 Å². The molecule has 1 aromatic rings. The zero-order valence-electron chi connectivity index (χ0n) is 9.47. The first-order chi connectivity index (χ1) is 7.66. The van der Waals surface area contributed by atoms with E-state index in [1.165, 1.54) is 24.8 Å². The second-order valence-electron chi connectivity index (χ2n) is 4.60. The van der Waals surface area contributed by atoms with E-state index in [0.29, 0.717) is 16.1 Å². The van der Waals surface area contributed by atoms with E-state index in [4.69, 9.17) is 23.2 Å². The van der Waals surface area contributed by atoms with Crippen molar-refractivity contribution in [1.82, 2.24) is 5.32 Å². The molecule has 1 unspecified atom stereocenters. The van der Waals surface area contributed by atoms with E-state index < -0.39 is 0 Å². The van der Waals surface area contributed by atoms with E-state index in [9.17, 15) is 0 Å². The largest absolute Gasteiger partial charge is 0.310 e. The third-order valence-corrected chi connectivity index (χ3v) is 4.12. The van der Waals surface area contributed by atoms with Crippen molar-refractivity contribution < 1.29 is 0 Å².